The number of carbonyl (C=O) groups is 6. The molecule has 1 aliphatic rings. The van der Waals surface area contributed by atoms with Crippen LogP contribution in [-0.4, -0.2) is 148 Å². The van der Waals surface area contributed by atoms with Gasteiger partial charge in [-0.2, -0.15) is 0 Å². The predicted molar refractivity (Wildman–Crippen MR) is 421 cm³/mol. The summed E-state index contributed by atoms with van der Waals surface area (Å²) in [6, 6.07) is -2.13. The zero-order valence-corrected chi connectivity index (χ0v) is 65.8. The van der Waals surface area contributed by atoms with Crippen LogP contribution in [0.15, 0.2) is 24.3 Å². The van der Waals surface area contributed by atoms with Crippen molar-refractivity contribution >= 4 is 110 Å². The van der Waals surface area contributed by atoms with Crippen molar-refractivity contribution in [2.24, 2.45) is 22.9 Å². The fraction of sp³-hybridized carbons (Fsp3) is 0.861. The number of hydrogen-bond acceptors (Lipinski definition) is 12. The van der Waals surface area contributed by atoms with Crippen LogP contribution in [0.4, 0.5) is 0 Å². The predicted octanol–water partition coefficient (Wildman–Crippen LogP) is 13.7. The third-order valence-corrected chi connectivity index (χ3v) is 17.2. The summed E-state index contributed by atoms with van der Waals surface area (Å²) in [5.41, 5.74) is 22.9. The summed E-state index contributed by atoms with van der Waals surface area (Å²) in [6.07, 6.45) is 54.0. The molecule has 0 radical (unpaired) electrons. The van der Waals surface area contributed by atoms with Gasteiger partial charge in [-0.3, -0.25) is 28.8 Å². The molecule has 18 nitrogen and oxygen atoms in total. The molecule has 1 rings (SSSR count). The summed E-state index contributed by atoms with van der Waals surface area (Å²) < 4.78 is 0. The lowest BCUT2D eigenvalue weighted by atomic mass is 10.1. The van der Waals surface area contributed by atoms with Gasteiger partial charge >= 0.3 is 0 Å². The molecule has 0 bridgehead atoms. The molecule has 4 atom stereocenters. The van der Waals surface area contributed by atoms with Gasteiger partial charge in [-0.25, -0.2) is 0 Å². The van der Waals surface area contributed by atoms with Gasteiger partial charge in [0.05, 0.1) is 12.1 Å². The lowest BCUT2D eigenvalue weighted by Crippen LogP contribution is -2.48. The molecule has 0 aromatic carbocycles. The minimum Gasteiger partial charge on any atom is -0.357 e. The number of likely N-dealkylation sites (N-methyl/N-ethyl adjacent to an activating group) is 1. The molecule has 0 aliphatic carbocycles. The Bertz CT molecular complexity index is 1800. The number of hydrogen-bond donors (Lipinski definition) is 10. The van der Waals surface area contributed by atoms with Crippen molar-refractivity contribution in [3.8, 4) is 0 Å². The summed E-state index contributed by atoms with van der Waals surface area (Å²) in [7, 11) is 1.58. The molecule has 0 saturated carbocycles. The molecule has 4 unspecified atom stereocenters. The van der Waals surface area contributed by atoms with Gasteiger partial charge in [-0.05, 0) is 167 Å². The number of nitrogens with one attached hydrogen (secondary N) is 6. The van der Waals surface area contributed by atoms with E-state index >= 15 is 0 Å². The molecule has 1 saturated heterocycles. The molecule has 1 heterocycles. The SMILES string of the molecule is CCCCCCCC/C=C\CCCCCCCC(=O)NC(CCCCNC(=O)C(N)CCCCN)C(=O)NC.CCCCCCCC/C=C\CCCCCCCC(=O)NC(CCCCNC(=O)C(N)CCCCN)C(=O)NCCCN1CCN(CCCC)CC1.Cl.Cl.Cl.Cl.Cl.Cl. The van der Waals surface area contributed by atoms with Crippen LogP contribution in [0.2, 0.25) is 0 Å². The van der Waals surface area contributed by atoms with E-state index in [2.05, 4.69) is 86.8 Å². The molecule has 14 N–H and O–H groups in total. The van der Waals surface area contributed by atoms with Crippen LogP contribution in [0.25, 0.3) is 0 Å². The van der Waals surface area contributed by atoms with Crippen molar-refractivity contribution in [1.29, 1.82) is 0 Å². The Morgan fingerprint density at radius 3 is 1.01 bits per heavy atom. The number of nitrogens with zero attached hydrogens (tertiary/aromatic N) is 2. The molecular formula is C72H148Cl6N12O6. The highest BCUT2D eigenvalue weighted by molar-refractivity contribution is 5.88. The lowest BCUT2D eigenvalue weighted by Gasteiger charge is -2.34. The Morgan fingerprint density at radius 2 is 0.656 bits per heavy atom. The van der Waals surface area contributed by atoms with E-state index < -0.39 is 24.2 Å². The molecule has 6 amide bonds. The van der Waals surface area contributed by atoms with E-state index in [9.17, 15) is 28.8 Å². The molecule has 1 fully saturated rings. The fourth-order valence-corrected chi connectivity index (χ4v) is 11.1. The lowest BCUT2D eigenvalue weighted by molar-refractivity contribution is -0.129. The Morgan fingerprint density at radius 1 is 0.354 bits per heavy atom. The number of rotatable bonds is 61. The second-order valence-corrected chi connectivity index (χ2v) is 25.6. The molecule has 1 aliphatic heterocycles. The highest BCUT2D eigenvalue weighted by Crippen LogP contribution is 2.14. The number of amides is 6. The normalized spacial score (nSPS) is 13.3. The monoisotopic (exact) mass is 1490 g/mol. The standard InChI is InChI=1S/C41H81N7O3.C31H61N5O3.6ClH/c1-3-5-7-8-9-10-11-12-13-14-15-16-17-18-19-27-39(49)46-38(26-21-23-29-44-40(50)37(43)25-20-22-28-42)41(51)45-30-24-32-48-35-33-47(34-36-48)31-6-4-2;1-3-4-5-6-7-8-9-10-11-12-13-14-15-16-17-24-29(37)36-28(31(39)34-2)23-19-21-26-35-30(38)27(33)22-18-20-25-32;;;;;;/h12-13,37-38H,3-11,14-36,42-43H2,1-2H3,(H,44,50)(H,45,51)(H,46,49);10-11,27-28H,3-9,12-26,32-33H2,1-2H3,(H,34,39)(H,35,38)(H,36,37);6*1H/b13-12-;11-10-;;;;;;. The highest BCUT2D eigenvalue weighted by Gasteiger charge is 2.23. The first kappa shape index (κ1) is 107. The molecule has 24 heteroatoms. The third kappa shape index (κ3) is 68.9. The van der Waals surface area contributed by atoms with Crippen LogP contribution in [0.1, 0.15) is 297 Å². The van der Waals surface area contributed by atoms with Crippen molar-refractivity contribution in [2.45, 2.75) is 321 Å². The van der Waals surface area contributed by atoms with Gasteiger partial charge in [0.25, 0.3) is 0 Å². The van der Waals surface area contributed by atoms with Gasteiger partial charge in [-0.1, -0.05) is 167 Å². The number of halogens is 6. The van der Waals surface area contributed by atoms with Gasteiger partial charge in [-0.15, -0.1) is 74.4 Å². The minimum absolute atomic E-state index is 0. The van der Waals surface area contributed by atoms with Crippen molar-refractivity contribution in [3.05, 3.63) is 24.3 Å². The molecule has 96 heavy (non-hydrogen) atoms. The van der Waals surface area contributed by atoms with Crippen molar-refractivity contribution in [1.82, 2.24) is 41.7 Å². The second-order valence-electron chi connectivity index (χ2n) is 25.6. The quantitative estimate of drug-likeness (QED) is 0.0201. The molecule has 574 valence electrons. The maximum atomic E-state index is 13.2. The maximum absolute atomic E-state index is 13.2. The number of nitrogens with two attached hydrogens (primary N) is 4. The van der Waals surface area contributed by atoms with Crippen LogP contribution in [-0.2, 0) is 28.8 Å². The van der Waals surface area contributed by atoms with Crippen molar-refractivity contribution < 1.29 is 28.8 Å². The van der Waals surface area contributed by atoms with E-state index in [1.54, 1.807) is 7.05 Å². The van der Waals surface area contributed by atoms with E-state index in [-0.39, 0.29) is 110 Å². The molecule has 0 aromatic rings. The van der Waals surface area contributed by atoms with Gasteiger partial charge < -0.3 is 64.6 Å². The zero-order chi connectivity index (χ0) is 66.2. The van der Waals surface area contributed by atoms with E-state index in [0.717, 1.165) is 135 Å². The summed E-state index contributed by atoms with van der Waals surface area (Å²) in [4.78, 5) is 80.1. The van der Waals surface area contributed by atoms with Crippen LogP contribution < -0.4 is 54.8 Å². The third-order valence-electron chi connectivity index (χ3n) is 17.2. The Labute approximate surface area is 623 Å². The van der Waals surface area contributed by atoms with E-state index in [0.29, 0.717) is 77.7 Å². The summed E-state index contributed by atoms with van der Waals surface area (Å²) in [5, 5.41) is 17.4. The first-order valence-electron chi connectivity index (χ1n) is 37.2. The van der Waals surface area contributed by atoms with Crippen LogP contribution in [0.3, 0.4) is 0 Å². The first-order valence-corrected chi connectivity index (χ1v) is 37.2. The van der Waals surface area contributed by atoms with Gasteiger partial charge in [0.15, 0.2) is 0 Å². The van der Waals surface area contributed by atoms with Crippen molar-refractivity contribution in [3.63, 3.8) is 0 Å². The van der Waals surface area contributed by atoms with E-state index in [1.807, 2.05) is 0 Å². The molecule has 0 spiro atoms. The van der Waals surface area contributed by atoms with Crippen LogP contribution >= 0.6 is 74.4 Å². The van der Waals surface area contributed by atoms with Gasteiger partial charge in [0.1, 0.15) is 12.1 Å². The van der Waals surface area contributed by atoms with E-state index in [4.69, 9.17) is 22.9 Å². The van der Waals surface area contributed by atoms with Crippen LogP contribution in [0.5, 0.6) is 0 Å². The van der Waals surface area contributed by atoms with Crippen LogP contribution in [0, 0.1) is 0 Å². The maximum Gasteiger partial charge on any atom is 0.242 e. The Kier molecular flexibility index (Phi) is 91.3. The summed E-state index contributed by atoms with van der Waals surface area (Å²) >= 11 is 0. The van der Waals surface area contributed by atoms with E-state index in [1.165, 1.54) is 135 Å². The number of piperazine rings is 1. The average Bonchev–Trinajstić information content (AvgIpc) is 2.44. The van der Waals surface area contributed by atoms with Gasteiger partial charge in [0, 0.05) is 65.7 Å². The summed E-state index contributed by atoms with van der Waals surface area (Å²) in [6.45, 7) is 16.2. The van der Waals surface area contributed by atoms with Gasteiger partial charge in [0.2, 0.25) is 35.4 Å². The fourth-order valence-electron chi connectivity index (χ4n) is 11.1. The largest absolute Gasteiger partial charge is 0.357 e. The second kappa shape index (κ2) is 81.8. The number of carbonyl (C=O) groups excluding carboxylic acids is 6. The topological polar surface area (TPSA) is 285 Å². The Balaban J connectivity index is -0.000000320. The minimum atomic E-state index is -0.558. The average molecular weight is 1490 g/mol. The van der Waals surface area contributed by atoms with Crippen molar-refractivity contribution in [2.75, 3.05) is 79.0 Å². The highest BCUT2D eigenvalue weighted by atomic mass is 35.5. The summed E-state index contributed by atoms with van der Waals surface area (Å²) in [5.74, 6) is -0.703. The molecular weight excluding hydrogens is 1340 g/mol. The first-order chi connectivity index (χ1) is 43.9. The number of allylic oxidation sites excluding steroid dienone is 4. The smallest absolute Gasteiger partial charge is 0.242 e. The Hall–Kier alpha value is -2.20. The molecule has 0 aromatic heterocycles. The number of unbranched alkanes of at least 4 members (excludes halogenated alkanes) is 27. The zero-order valence-electron chi connectivity index (χ0n) is 60.9.